The molecule has 2 fully saturated rings. The van der Waals surface area contributed by atoms with Crippen LogP contribution in [0.5, 0.6) is 0 Å². The van der Waals surface area contributed by atoms with Crippen LogP contribution in [-0.2, 0) is 4.74 Å². The maximum atomic E-state index is 5.25. The van der Waals surface area contributed by atoms with Crippen LogP contribution < -0.4 is 5.32 Å². The van der Waals surface area contributed by atoms with E-state index in [1.54, 1.807) is 0 Å². The van der Waals surface area contributed by atoms with E-state index in [0.29, 0.717) is 0 Å². The molecule has 2 aliphatic heterocycles. The normalized spacial score (nSPS) is 38.4. The Balaban J connectivity index is 1.83. The Labute approximate surface area is 93.2 Å². The van der Waals surface area contributed by atoms with E-state index < -0.39 is 0 Å². The third-order valence-corrected chi connectivity index (χ3v) is 3.93. The SMILES string of the molecule is COCC1CCN(C2CCNCC2C)C1. The van der Waals surface area contributed by atoms with Gasteiger partial charge in [0.1, 0.15) is 0 Å². The molecule has 0 radical (unpaired) electrons. The molecule has 1 N–H and O–H groups in total. The van der Waals surface area contributed by atoms with Crippen LogP contribution in [0.4, 0.5) is 0 Å². The highest BCUT2D eigenvalue weighted by Gasteiger charge is 2.32. The van der Waals surface area contributed by atoms with Crippen molar-refractivity contribution in [3.05, 3.63) is 0 Å². The van der Waals surface area contributed by atoms with Crippen LogP contribution in [0.2, 0.25) is 0 Å². The Morgan fingerprint density at radius 1 is 1.40 bits per heavy atom. The summed E-state index contributed by atoms with van der Waals surface area (Å²) < 4.78 is 5.25. The number of methoxy groups -OCH3 is 1. The molecule has 0 aromatic carbocycles. The van der Waals surface area contributed by atoms with Crippen LogP contribution in [0.3, 0.4) is 0 Å². The predicted molar refractivity (Wildman–Crippen MR) is 62.0 cm³/mol. The van der Waals surface area contributed by atoms with Gasteiger partial charge in [-0.25, -0.2) is 0 Å². The second-order valence-electron chi connectivity index (χ2n) is 5.14. The molecule has 0 aromatic heterocycles. The molecule has 88 valence electrons. The number of hydrogen-bond donors (Lipinski definition) is 1. The molecule has 2 heterocycles. The Bertz CT molecular complexity index is 198. The topological polar surface area (TPSA) is 24.5 Å². The highest BCUT2D eigenvalue weighted by Crippen LogP contribution is 2.25. The molecular formula is C12H24N2O. The van der Waals surface area contributed by atoms with Crippen LogP contribution in [0.15, 0.2) is 0 Å². The summed E-state index contributed by atoms with van der Waals surface area (Å²) in [4.78, 5) is 2.69. The van der Waals surface area contributed by atoms with Gasteiger partial charge in [-0.1, -0.05) is 6.92 Å². The van der Waals surface area contributed by atoms with Gasteiger partial charge >= 0.3 is 0 Å². The smallest absolute Gasteiger partial charge is 0.0503 e. The molecule has 15 heavy (non-hydrogen) atoms. The molecule has 3 nitrogen and oxygen atoms in total. The summed E-state index contributed by atoms with van der Waals surface area (Å²) in [6, 6.07) is 0.813. The van der Waals surface area contributed by atoms with Gasteiger partial charge in [0.05, 0.1) is 6.61 Å². The molecule has 0 aliphatic carbocycles. The molecule has 0 amide bonds. The fraction of sp³-hybridized carbons (Fsp3) is 1.00. The fourth-order valence-corrected chi connectivity index (χ4v) is 3.08. The fourth-order valence-electron chi connectivity index (χ4n) is 3.08. The lowest BCUT2D eigenvalue weighted by molar-refractivity contribution is 0.122. The first kappa shape index (κ1) is 11.4. The van der Waals surface area contributed by atoms with Gasteiger partial charge < -0.3 is 10.1 Å². The average molecular weight is 212 g/mol. The van der Waals surface area contributed by atoms with Crippen molar-refractivity contribution in [3.63, 3.8) is 0 Å². The van der Waals surface area contributed by atoms with Crippen molar-refractivity contribution >= 4 is 0 Å². The van der Waals surface area contributed by atoms with Crippen molar-refractivity contribution in [2.75, 3.05) is 39.9 Å². The third kappa shape index (κ3) is 2.71. The quantitative estimate of drug-likeness (QED) is 0.754. The largest absolute Gasteiger partial charge is 0.384 e. The van der Waals surface area contributed by atoms with E-state index in [1.807, 2.05) is 7.11 Å². The van der Waals surface area contributed by atoms with E-state index >= 15 is 0 Å². The summed E-state index contributed by atoms with van der Waals surface area (Å²) in [5, 5.41) is 3.47. The first-order chi connectivity index (χ1) is 7.31. The predicted octanol–water partition coefficient (Wildman–Crippen LogP) is 0.953. The van der Waals surface area contributed by atoms with Gasteiger partial charge in [0.15, 0.2) is 0 Å². The van der Waals surface area contributed by atoms with Gasteiger partial charge in [-0.2, -0.15) is 0 Å². The highest BCUT2D eigenvalue weighted by atomic mass is 16.5. The second kappa shape index (κ2) is 5.28. The zero-order valence-corrected chi connectivity index (χ0v) is 10.0. The van der Waals surface area contributed by atoms with Crippen molar-refractivity contribution < 1.29 is 4.74 Å². The van der Waals surface area contributed by atoms with Gasteiger partial charge in [0.2, 0.25) is 0 Å². The zero-order valence-electron chi connectivity index (χ0n) is 10.0. The number of likely N-dealkylation sites (tertiary alicyclic amines) is 1. The molecular weight excluding hydrogens is 188 g/mol. The van der Waals surface area contributed by atoms with Crippen molar-refractivity contribution in [3.8, 4) is 0 Å². The van der Waals surface area contributed by atoms with Crippen LogP contribution >= 0.6 is 0 Å². The zero-order chi connectivity index (χ0) is 10.7. The van der Waals surface area contributed by atoms with E-state index in [4.69, 9.17) is 4.74 Å². The molecule has 0 spiro atoms. The first-order valence-corrected chi connectivity index (χ1v) is 6.25. The third-order valence-electron chi connectivity index (χ3n) is 3.93. The lowest BCUT2D eigenvalue weighted by atomic mass is 9.94. The standard InChI is InChI=1S/C12H24N2O/c1-10-7-13-5-3-12(10)14-6-4-11(8-14)9-15-2/h10-13H,3-9H2,1-2H3. The number of rotatable bonds is 3. The van der Waals surface area contributed by atoms with E-state index in [9.17, 15) is 0 Å². The number of piperidine rings is 1. The summed E-state index contributed by atoms with van der Waals surface area (Å²) in [5.74, 6) is 1.58. The molecule has 0 aromatic rings. The van der Waals surface area contributed by atoms with Gasteiger partial charge in [-0.15, -0.1) is 0 Å². The summed E-state index contributed by atoms with van der Waals surface area (Å²) in [6.45, 7) is 8.23. The molecule has 0 bridgehead atoms. The lowest BCUT2D eigenvalue weighted by Gasteiger charge is -2.36. The molecule has 2 aliphatic rings. The summed E-state index contributed by atoms with van der Waals surface area (Å²) in [7, 11) is 1.82. The van der Waals surface area contributed by atoms with Crippen LogP contribution in [-0.4, -0.2) is 50.8 Å². The van der Waals surface area contributed by atoms with Gasteiger partial charge in [-0.3, -0.25) is 4.90 Å². The van der Waals surface area contributed by atoms with Gasteiger partial charge in [0.25, 0.3) is 0 Å². The number of ether oxygens (including phenoxy) is 1. The van der Waals surface area contributed by atoms with Crippen molar-refractivity contribution in [2.24, 2.45) is 11.8 Å². The minimum absolute atomic E-state index is 0.775. The van der Waals surface area contributed by atoms with Crippen LogP contribution in [0.25, 0.3) is 0 Å². The van der Waals surface area contributed by atoms with Crippen molar-refractivity contribution in [1.82, 2.24) is 10.2 Å². The minimum atomic E-state index is 0.775. The Hall–Kier alpha value is -0.120. The minimum Gasteiger partial charge on any atom is -0.384 e. The van der Waals surface area contributed by atoms with E-state index in [2.05, 4.69) is 17.1 Å². The Morgan fingerprint density at radius 3 is 3.00 bits per heavy atom. The van der Waals surface area contributed by atoms with Gasteiger partial charge in [0, 0.05) is 19.7 Å². The lowest BCUT2D eigenvalue weighted by Crippen LogP contribution is -2.47. The van der Waals surface area contributed by atoms with Crippen LogP contribution in [0.1, 0.15) is 19.8 Å². The van der Waals surface area contributed by atoms with Crippen molar-refractivity contribution in [1.29, 1.82) is 0 Å². The van der Waals surface area contributed by atoms with Crippen LogP contribution in [0, 0.1) is 11.8 Å². The maximum absolute atomic E-state index is 5.25. The maximum Gasteiger partial charge on any atom is 0.0503 e. The molecule has 3 unspecified atom stereocenters. The Kier molecular flexibility index (Phi) is 4.00. The molecule has 3 atom stereocenters. The molecule has 3 heteroatoms. The van der Waals surface area contributed by atoms with Crippen molar-refractivity contribution in [2.45, 2.75) is 25.8 Å². The number of nitrogens with zero attached hydrogens (tertiary/aromatic N) is 1. The summed E-state index contributed by atoms with van der Waals surface area (Å²) in [5.41, 5.74) is 0. The monoisotopic (exact) mass is 212 g/mol. The molecule has 2 saturated heterocycles. The van der Waals surface area contributed by atoms with E-state index in [-0.39, 0.29) is 0 Å². The van der Waals surface area contributed by atoms with E-state index in [1.165, 1.54) is 39.0 Å². The summed E-state index contributed by atoms with van der Waals surface area (Å²) in [6.07, 6.45) is 2.64. The molecule has 0 saturated carbocycles. The average Bonchev–Trinajstić information content (AvgIpc) is 2.68. The number of nitrogens with one attached hydrogen (secondary N) is 1. The van der Waals surface area contributed by atoms with E-state index in [0.717, 1.165) is 24.5 Å². The van der Waals surface area contributed by atoms with Gasteiger partial charge in [-0.05, 0) is 44.3 Å². The molecule has 2 rings (SSSR count). The highest BCUT2D eigenvalue weighted by molar-refractivity contribution is 4.87. The Morgan fingerprint density at radius 2 is 2.27 bits per heavy atom. The second-order valence-corrected chi connectivity index (χ2v) is 5.14. The summed E-state index contributed by atoms with van der Waals surface area (Å²) >= 11 is 0. The first-order valence-electron chi connectivity index (χ1n) is 6.25. The number of hydrogen-bond acceptors (Lipinski definition) is 3.